The monoisotopic (exact) mass is 445 g/mol. The molecule has 2 fully saturated rings. The molecule has 2 aliphatic rings. The van der Waals surface area contributed by atoms with Crippen LogP contribution in [0.25, 0.3) is 0 Å². The van der Waals surface area contributed by atoms with Crippen LogP contribution in [0.15, 0.2) is 4.99 Å². The SMILES string of the molecule is Cc1nnc(CN=C(NCCC2CCN(CC(F)(F)F)CC2)NCC2CCCO2)n1C. The summed E-state index contributed by atoms with van der Waals surface area (Å²) in [6.45, 7) is 4.74. The number of aromatic nitrogens is 3. The van der Waals surface area contributed by atoms with Gasteiger partial charge in [0.15, 0.2) is 11.8 Å². The van der Waals surface area contributed by atoms with Gasteiger partial charge in [0.2, 0.25) is 0 Å². The molecule has 2 aliphatic heterocycles. The van der Waals surface area contributed by atoms with Crippen molar-refractivity contribution in [2.45, 2.75) is 57.9 Å². The topological polar surface area (TPSA) is 79.6 Å². The van der Waals surface area contributed by atoms with Crippen LogP contribution in [0, 0.1) is 12.8 Å². The second-order valence-electron chi connectivity index (χ2n) is 8.45. The molecule has 0 radical (unpaired) electrons. The molecule has 0 aromatic carbocycles. The van der Waals surface area contributed by atoms with Gasteiger partial charge in [-0.25, -0.2) is 4.99 Å². The highest BCUT2D eigenvalue weighted by Crippen LogP contribution is 2.24. The number of ether oxygens (including phenoxy) is 1. The fourth-order valence-corrected chi connectivity index (χ4v) is 4.01. The van der Waals surface area contributed by atoms with E-state index < -0.39 is 12.7 Å². The van der Waals surface area contributed by atoms with Crippen molar-refractivity contribution in [3.8, 4) is 0 Å². The van der Waals surface area contributed by atoms with E-state index in [1.165, 1.54) is 4.90 Å². The number of aliphatic imine (C=N–C) groups is 1. The zero-order valence-electron chi connectivity index (χ0n) is 18.4. The largest absolute Gasteiger partial charge is 0.401 e. The third-order valence-electron chi connectivity index (χ3n) is 6.04. The van der Waals surface area contributed by atoms with E-state index in [0.717, 1.165) is 56.9 Å². The minimum absolute atomic E-state index is 0.196. The molecule has 0 spiro atoms. The van der Waals surface area contributed by atoms with E-state index in [9.17, 15) is 13.2 Å². The summed E-state index contributed by atoms with van der Waals surface area (Å²) in [5.41, 5.74) is 0. The lowest BCUT2D eigenvalue weighted by atomic mass is 9.93. The molecule has 0 bridgehead atoms. The van der Waals surface area contributed by atoms with Crippen LogP contribution in [0.2, 0.25) is 0 Å². The fourth-order valence-electron chi connectivity index (χ4n) is 4.01. The van der Waals surface area contributed by atoms with Gasteiger partial charge in [0.25, 0.3) is 0 Å². The van der Waals surface area contributed by atoms with Gasteiger partial charge in [-0.2, -0.15) is 13.2 Å². The van der Waals surface area contributed by atoms with Crippen molar-refractivity contribution in [1.29, 1.82) is 0 Å². The highest BCUT2D eigenvalue weighted by atomic mass is 19.4. The minimum Gasteiger partial charge on any atom is -0.376 e. The molecule has 11 heteroatoms. The fraction of sp³-hybridized carbons (Fsp3) is 0.850. The number of halogens is 3. The number of nitrogens with zero attached hydrogens (tertiary/aromatic N) is 5. The zero-order valence-corrected chi connectivity index (χ0v) is 18.4. The predicted octanol–water partition coefficient (Wildman–Crippen LogP) is 2.00. The summed E-state index contributed by atoms with van der Waals surface area (Å²) in [6.07, 6.45) is 0.704. The van der Waals surface area contributed by atoms with Crippen LogP contribution in [0.4, 0.5) is 13.2 Å². The molecule has 3 rings (SSSR count). The number of hydrogen-bond donors (Lipinski definition) is 2. The molecule has 0 saturated carbocycles. The number of alkyl halides is 3. The number of nitrogens with one attached hydrogen (secondary N) is 2. The van der Waals surface area contributed by atoms with Crippen molar-refractivity contribution in [2.75, 3.05) is 39.3 Å². The van der Waals surface area contributed by atoms with Crippen LogP contribution >= 0.6 is 0 Å². The maximum Gasteiger partial charge on any atom is 0.401 e. The van der Waals surface area contributed by atoms with Gasteiger partial charge in [-0.15, -0.1) is 10.2 Å². The Hall–Kier alpha value is -1.88. The van der Waals surface area contributed by atoms with E-state index in [4.69, 9.17) is 4.74 Å². The summed E-state index contributed by atoms with van der Waals surface area (Å²) >= 11 is 0. The van der Waals surface area contributed by atoms with Gasteiger partial charge < -0.3 is 19.9 Å². The molecule has 0 amide bonds. The molecule has 1 aromatic rings. The number of guanidine groups is 1. The Balaban J connectivity index is 1.45. The Kier molecular flexibility index (Phi) is 8.53. The van der Waals surface area contributed by atoms with E-state index in [1.54, 1.807) is 0 Å². The number of aryl methyl sites for hydroxylation is 1. The number of piperidine rings is 1. The van der Waals surface area contributed by atoms with Crippen LogP contribution in [0.3, 0.4) is 0 Å². The summed E-state index contributed by atoms with van der Waals surface area (Å²) in [6, 6.07) is 0. The molecule has 31 heavy (non-hydrogen) atoms. The van der Waals surface area contributed by atoms with Crippen molar-refractivity contribution in [3.05, 3.63) is 11.6 Å². The van der Waals surface area contributed by atoms with Crippen molar-refractivity contribution >= 4 is 5.96 Å². The molecule has 2 N–H and O–H groups in total. The molecule has 1 atom stereocenters. The lowest BCUT2D eigenvalue weighted by Crippen LogP contribution is -2.43. The van der Waals surface area contributed by atoms with E-state index in [0.29, 0.717) is 38.1 Å². The first-order valence-electron chi connectivity index (χ1n) is 11.1. The molecule has 1 aromatic heterocycles. The number of rotatable bonds is 8. The van der Waals surface area contributed by atoms with Gasteiger partial charge in [0, 0.05) is 26.7 Å². The first-order chi connectivity index (χ1) is 14.8. The molecule has 3 heterocycles. The third kappa shape index (κ3) is 7.95. The smallest absolute Gasteiger partial charge is 0.376 e. The molecular weight excluding hydrogens is 411 g/mol. The van der Waals surface area contributed by atoms with Crippen LogP contribution in [-0.4, -0.2) is 77.2 Å². The Labute approximate surface area is 181 Å². The Morgan fingerprint density at radius 3 is 2.58 bits per heavy atom. The highest BCUT2D eigenvalue weighted by Gasteiger charge is 2.32. The lowest BCUT2D eigenvalue weighted by molar-refractivity contribution is -0.148. The maximum absolute atomic E-state index is 12.5. The zero-order chi connectivity index (χ0) is 22.3. The number of hydrogen-bond acceptors (Lipinski definition) is 5. The lowest BCUT2D eigenvalue weighted by Gasteiger charge is -2.32. The molecule has 2 saturated heterocycles. The standard InChI is InChI=1S/C20H34F3N7O/c1-15-27-28-18(29(15)2)13-26-19(25-12-17-4-3-11-31-17)24-8-5-16-6-9-30(10-7-16)14-20(21,22)23/h16-17H,3-14H2,1-2H3,(H2,24,25,26). The molecule has 8 nitrogen and oxygen atoms in total. The molecule has 176 valence electrons. The van der Waals surface area contributed by atoms with E-state index in [1.807, 2.05) is 18.5 Å². The first-order valence-corrected chi connectivity index (χ1v) is 11.1. The first kappa shape index (κ1) is 23.8. The van der Waals surface area contributed by atoms with E-state index >= 15 is 0 Å². The predicted molar refractivity (Wildman–Crippen MR) is 112 cm³/mol. The van der Waals surface area contributed by atoms with Crippen molar-refractivity contribution in [1.82, 2.24) is 30.3 Å². The molecule has 0 aliphatic carbocycles. The van der Waals surface area contributed by atoms with Crippen molar-refractivity contribution in [3.63, 3.8) is 0 Å². The van der Waals surface area contributed by atoms with Crippen LogP contribution < -0.4 is 10.6 Å². The summed E-state index contributed by atoms with van der Waals surface area (Å²) in [5.74, 6) is 2.75. The number of likely N-dealkylation sites (tertiary alicyclic amines) is 1. The second-order valence-corrected chi connectivity index (χ2v) is 8.45. The normalized spacial score (nSPS) is 21.6. The van der Waals surface area contributed by atoms with Gasteiger partial charge in [0.05, 0.1) is 12.6 Å². The Morgan fingerprint density at radius 2 is 1.97 bits per heavy atom. The highest BCUT2D eigenvalue weighted by molar-refractivity contribution is 5.79. The Bertz CT molecular complexity index is 708. The quantitative estimate of drug-likeness (QED) is 0.471. The van der Waals surface area contributed by atoms with Gasteiger partial charge in [0.1, 0.15) is 12.4 Å². The van der Waals surface area contributed by atoms with Crippen LogP contribution in [0.1, 0.15) is 43.8 Å². The summed E-state index contributed by atoms with van der Waals surface area (Å²) in [5, 5.41) is 14.9. The third-order valence-corrected chi connectivity index (χ3v) is 6.04. The van der Waals surface area contributed by atoms with Gasteiger partial charge >= 0.3 is 6.18 Å². The molecular formula is C20H34F3N7O. The second kappa shape index (κ2) is 11.1. The van der Waals surface area contributed by atoms with E-state index in [-0.39, 0.29) is 6.10 Å². The Morgan fingerprint density at radius 1 is 1.19 bits per heavy atom. The van der Waals surface area contributed by atoms with Crippen molar-refractivity contribution in [2.24, 2.45) is 18.0 Å². The summed E-state index contributed by atoms with van der Waals surface area (Å²) in [4.78, 5) is 6.15. The summed E-state index contributed by atoms with van der Waals surface area (Å²) in [7, 11) is 1.91. The van der Waals surface area contributed by atoms with Crippen LogP contribution in [-0.2, 0) is 18.3 Å². The van der Waals surface area contributed by atoms with Crippen molar-refractivity contribution < 1.29 is 17.9 Å². The van der Waals surface area contributed by atoms with E-state index in [2.05, 4.69) is 25.8 Å². The summed E-state index contributed by atoms with van der Waals surface area (Å²) < 4.78 is 45.2. The molecule has 1 unspecified atom stereocenters. The average molecular weight is 446 g/mol. The van der Waals surface area contributed by atoms with Gasteiger partial charge in [-0.05, 0) is 58.0 Å². The van der Waals surface area contributed by atoms with Gasteiger partial charge in [-0.1, -0.05) is 0 Å². The maximum atomic E-state index is 12.5. The minimum atomic E-state index is -4.12. The average Bonchev–Trinajstić information content (AvgIpc) is 3.35. The van der Waals surface area contributed by atoms with Crippen LogP contribution in [0.5, 0.6) is 0 Å². The van der Waals surface area contributed by atoms with Gasteiger partial charge in [-0.3, -0.25) is 4.90 Å².